The first-order valence-corrected chi connectivity index (χ1v) is 10.6. The van der Waals surface area contributed by atoms with Crippen LogP contribution in [0.4, 0.5) is 5.69 Å². The molecule has 0 fully saturated rings. The lowest BCUT2D eigenvalue weighted by Gasteiger charge is -2.16. The number of nitrogens with one attached hydrogen (secondary N) is 1. The lowest BCUT2D eigenvalue weighted by Crippen LogP contribution is -2.18. The highest BCUT2D eigenvalue weighted by Gasteiger charge is 2.13. The van der Waals surface area contributed by atoms with E-state index in [1.54, 1.807) is 0 Å². The predicted molar refractivity (Wildman–Crippen MR) is 124 cm³/mol. The van der Waals surface area contributed by atoms with Crippen LogP contribution in [0.1, 0.15) is 48.1 Å². The average Bonchev–Trinajstić information content (AvgIpc) is 2.69. The summed E-state index contributed by atoms with van der Waals surface area (Å²) in [6.45, 7) is 9.94. The third kappa shape index (κ3) is 6.66. The lowest BCUT2D eigenvalue weighted by atomic mass is 10.1. The summed E-state index contributed by atoms with van der Waals surface area (Å²) in [6.07, 6.45) is 0.963. The predicted octanol–water partition coefficient (Wildman–Crippen LogP) is 6.10. The number of pyridine rings is 1. The van der Waals surface area contributed by atoms with Crippen LogP contribution in [0, 0.1) is 13.8 Å². The van der Waals surface area contributed by atoms with Crippen LogP contribution >= 0.6 is 0 Å². The second-order valence-corrected chi connectivity index (χ2v) is 8.03. The van der Waals surface area contributed by atoms with E-state index in [0.29, 0.717) is 29.1 Å². The Morgan fingerprint density at radius 2 is 1.71 bits per heavy atom. The number of carbonyl (C=O) groups excluding carboxylic acids is 1. The second kappa shape index (κ2) is 10.2. The van der Waals surface area contributed by atoms with Gasteiger partial charge in [-0.3, -0.25) is 9.78 Å². The highest BCUT2D eigenvalue weighted by atomic mass is 16.5. The number of amides is 1. The van der Waals surface area contributed by atoms with Crippen LogP contribution in [0.3, 0.4) is 0 Å². The Morgan fingerprint density at radius 3 is 2.35 bits per heavy atom. The molecule has 0 aliphatic rings. The molecule has 1 aromatic heterocycles. The normalized spacial score (nSPS) is 11.9. The van der Waals surface area contributed by atoms with E-state index in [-0.39, 0.29) is 18.1 Å². The topological polar surface area (TPSA) is 60.5 Å². The maximum atomic E-state index is 12.7. The molecule has 0 bridgehead atoms. The van der Waals surface area contributed by atoms with Crippen molar-refractivity contribution in [1.82, 2.24) is 4.98 Å². The zero-order valence-electron chi connectivity index (χ0n) is 18.8. The van der Waals surface area contributed by atoms with Gasteiger partial charge in [-0.2, -0.15) is 0 Å². The van der Waals surface area contributed by atoms with E-state index >= 15 is 0 Å². The van der Waals surface area contributed by atoms with Crippen LogP contribution in [-0.4, -0.2) is 23.1 Å². The van der Waals surface area contributed by atoms with Crippen molar-refractivity contribution in [3.63, 3.8) is 0 Å². The first-order chi connectivity index (χ1) is 14.8. The molecule has 2 aromatic carbocycles. The number of rotatable bonds is 8. The minimum Gasteiger partial charge on any atom is -0.457 e. The van der Waals surface area contributed by atoms with Crippen molar-refractivity contribution in [3.8, 4) is 11.5 Å². The maximum Gasteiger partial charge on any atom is 0.257 e. The Kier molecular flexibility index (Phi) is 7.42. The summed E-state index contributed by atoms with van der Waals surface area (Å²) < 4.78 is 11.6. The van der Waals surface area contributed by atoms with Gasteiger partial charge in [0.25, 0.3) is 5.91 Å². The molecule has 0 aliphatic carbocycles. The average molecular weight is 419 g/mol. The van der Waals surface area contributed by atoms with Crippen molar-refractivity contribution in [3.05, 3.63) is 83.2 Å². The molecule has 1 heterocycles. The van der Waals surface area contributed by atoms with E-state index in [1.165, 1.54) is 0 Å². The largest absolute Gasteiger partial charge is 0.457 e. The molecule has 1 unspecified atom stereocenters. The van der Waals surface area contributed by atoms with Gasteiger partial charge in [0, 0.05) is 17.8 Å². The summed E-state index contributed by atoms with van der Waals surface area (Å²) >= 11 is 0. The summed E-state index contributed by atoms with van der Waals surface area (Å²) in [7, 11) is 0. The van der Waals surface area contributed by atoms with Crippen LogP contribution in [-0.2, 0) is 11.2 Å². The summed E-state index contributed by atoms with van der Waals surface area (Å²) in [5.41, 5.74) is 4.01. The number of anilines is 1. The molecule has 5 nitrogen and oxygen atoms in total. The molecule has 0 saturated carbocycles. The van der Waals surface area contributed by atoms with Crippen molar-refractivity contribution < 1.29 is 14.3 Å². The summed E-state index contributed by atoms with van der Waals surface area (Å²) in [5, 5.41) is 2.93. The summed E-state index contributed by atoms with van der Waals surface area (Å²) in [4.78, 5) is 17.3. The van der Waals surface area contributed by atoms with Gasteiger partial charge in [0.15, 0.2) is 0 Å². The molecule has 5 heteroatoms. The van der Waals surface area contributed by atoms with Crippen LogP contribution in [0.2, 0.25) is 0 Å². The highest BCUT2D eigenvalue weighted by molar-refractivity contribution is 6.05. The number of ether oxygens (including phenoxy) is 2. The maximum absolute atomic E-state index is 12.7. The van der Waals surface area contributed by atoms with Gasteiger partial charge in [-0.25, -0.2) is 0 Å². The minimum atomic E-state index is -0.185. The SMILES string of the molecule is Cc1cccc(Oc2ccc(NC(=O)c3ccc(CC(C)OC(C)C)nc3C)cc2)c1. The summed E-state index contributed by atoms with van der Waals surface area (Å²) in [5.74, 6) is 1.31. The number of aryl methyl sites for hydroxylation is 2. The highest BCUT2D eigenvalue weighted by Crippen LogP contribution is 2.24. The molecule has 162 valence electrons. The molecule has 0 aliphatic heterocycles. The molecule has 0 saturated heterocycles. The molecular formula is C26H30N2O3. The van der Waals surface area contributed by atoms with E-state index in [0.717, 1.165) is 17.0 Å². The zero-order chi connectivity index (χ0) is 22.4. The Bertz CT molecular complexity index is 1030. The molecule has 3 rings (SSSR count). The number of aromatic nitrogens is 1. The zero-order valence-corrected chi connectivity index (χ0v) is 18.8. The lowest BCUT2D eigenvalue weighted by molar-refractivity contribution is 0.0190. The van der Waals surface area contributed by atoms with Crippen molar-refractivity contribution in [1.29, 1.82) is 0 Å². The number of carbonyl (C=O) groups is 1. The molecule has 0 spiro atoms. The van der Waals surface area contributed by atoms with Crippen LogP contribution in [0.15, 0.2) is 60.7 Å². The standard InChI is InChI=1S/C26H30N2O3/c1-17(2)30-19(4)16-22-11-14-25(20(5)27-22)26(29)28-21-9-12-23(13-10-21)31-24-8-6-7-18(3)15-24/h6-15,17,19H,16H2,1-5H3,(H,28,29). The van der Waals surface area contributed by atoms with E-state index in [2.05, 4.69) is 10.3 Å². The fraction of sp³-hybridized carbons (Fsp3) is 0.308. The number of benzene rings is 2. The Balaban J connectivity index is 1.61. The number of hydrogen-bond donors (Lipinski definition) is 1. The number of hydrogen-bond acceptors (Lipinski definition) is 4. The van der Waals surface area contributed by atoms with Gasteiger partial charge in [-0.15, -0.1) is 0 Å². The van der Waals surface area contributed by atoms with Crippen LogP contribution in [0.25, 0.3) is 0 Å². The molecule has 1 amide bonds. The van der Waals surface area contributed by atoms with Gasteiger partial charge in [0.05, 0.1) is 23.5 Å². The molecule has 1 N–H and O–H groups in total. The quantitative estimate of drug-likeness (QED) is 0.480. The van der Waals surface area contributed by atoms with Crippen LogP contribution in [0.5, 0.6) is 11.5 Å². The van der Waals surface area contributed by atoms with Gasteiger partial charge in [0.1, 0.15) is 11.5 Å². The first-order valence-electron chi connectivity index (χ1n) is 10.6. The molecule has 0 radical (unpaired) electrons. The Labute approximate surface area is 184 Å². The number of nitrogens with zero attached hydrogens (tertiary/aromatic N) is 1. The molecule has 1 atom stereocenters. The monoisotopic (exact) mass is 418 g/mol. The molecular weight excluding hydrogens is 388 g/mol. The van der Waals surface area contributed by atoms with E-state index in [1.807, 2.05) is 95.3 Å². The minimum absolute atomic E-state index is 0.0760. The van der Waals surface area contributed by atoms with Gasteiger partial charge < -0.3 is 14.8 Å². The van der Waals surface area contributed by atoms with Gasteiger partial charge in [0.2, 0.25) is 0 Å². The van der Waals surface area contributed by atoms with Crippen molar-refractivity contribution in [2.75, 3.05) is 5.32 Å². The third-order valence-corrected chi connectivity index (χ3v) is 4.73. The molecule has 3 aromatic rings. The fourth-order valence-corrected chi connectivity index (χ4v) is 3.39. The van der Waals surface area contributed by atoms with Crippen molar-refractivity contribution in [2.24, 2.45) is 0 Å². The third-order valence-electron chi connectivity index (χ3n) is 4.73. The second-order valence-electron chi connectivity index (χ2n) is 8.03. The van der Waals surface area contributed by atoms with E-state index < -0.39 is 0 Å². The first kappa shape index (κ1) is 22.5. The Hall–Kier alpha value is -3.18. The van der Waals surface area contributed by atoms with Crippen molar-refractivity contribution >= 4 is 11.6 Å². The van der Waals surface area contributed by atoms with Gasteiger partial charge in [-0.1, -0.05) is 12.1 Å². The smallest absolute Gasteiger partial charge is 0.257 e. The van der Waals surface area contributed by atoms with E-state index in [4.69, 9.17) is 9.47 Å². The summed E-state index contributed by atoms with van der Waals surface area (Å²) in [6, 6.07) is 18.9. The van der Waals surface area contributed by atoms with E-state index in [9.17, 15) is 4.79 Å². The van der Waals surface area contributed by atoms with Gasteiger partial charge >= 0.3 is 0 Å². The van der Waals surface area contributed by atoms with Gasteiger partial charge in [-0.05, 0) is 88.7 Å². The van der Waals surface area contributed by atoms with Crippen LogP contribution < -0.4 is 10.1 Å². The van der Waals surface area contributed by atoms with Crippen molar-refractivity contribution in [2.45, 2.75) is 53.2 Å². The molecule has 31 heavy (non-hydrogen) atoms. The fourth-order valence-electron chi connectivity index (χ4n) is 3.39. The Morgan fingerprint density at radius 1 is 0.968 bits per heavy atom.